The minimum Gasteiger partial charge on any atom is -0.322 e. The van der Waals surface area contributed by atoms with Crippen molar-refractivity contribution < 1.29 is 0 Å². The van der Waals surface area contributed by atoms with Crippen LogP contribution in [0.4, 0.5) is 0 Å². The summed E-state index contributed by atoms with van der Waals surface area (Å²) in [6.45, 7) is 1.90. The van der Waals surface area contributed by atoms with Gasteiger partial charge in [0, 0.05) is 7.05 Å². The zero-order valence-corrected chi connectivity index (χ0v) is 8.95. The molecule has 0 aliphatic heterocycles. The lowest BCUT2D eigenvalue weighted by Gasteiger charge is -2.00. The molecule has 74 valence electrons. The Morgan fingerprint density at radius 1 is 1.57 bits per heavy atom. The molecule has 0 saturated carbocycles. The molecule has 1 atom stereocenters. The maximum absolute atomic E-state index is 5.76. The van der Waals surface area contributed by atoms with E-state index in [9.17, 15) is 0 Å². The van der Waals surface area contributed by atoms with Crippen LogP contribution in [-0.4, -0.2) is 14.8 Å². The van der Waals surface area contributed by atoms with Crippen LogP contribution >= 0.6 is 11.3 Å². The predicted molar refractivity (Wildman–Crippen MR) is 56.9 cm³/mol. The largest absolute Gasteiger partial charge is 0.322 e. The van der Waals surface area contributed by atoms with E-state index in [2.05, 4.69) is 10.1 Å². The van der Waals surface area contributed by atoms with Crippen molar-refractivity contribution in [2.24, 2.45) is 12.8 Å². The van der Waals surface area contributed by atoms with Crippen LogP contribution < -0.4 is 5.73 Å². The average molecular weight is 208 g/mol. The highest BCUT2D eigenvalue weighted by molar-refractivity contribution is 7.13. The van der Waals surface area contributed by atoms with Crippen molar-refractivity contribution in [3.05, 3.63) is 23.3 Å². The lowest BCUT2D eigenvalue weighted by molar-refractivity contribution is 0.639. The van der Waals surface area contributed by atoms with Gasteiger partial charge in [0.2, 0.25) is 0 Å². The molecule has 0 aliphatic carbocycles. The molecular weight excluding hydrogens is 196 g/mol. The van der Waals surface area contributed by atoms with E-state index < -0.39 is 0 Å². The second kappa shape index (κ2) is 3.51. The molecule has 0 aromatic carbocycles. The number of rotatable bonds is 2. The first-order valence-corrected chi connectivity index (χ1v) is 5.27. The molecular formula is C9H12N4S. The Morgan fingerprint density at radius 3 is 2.86 bits per heavy atom. The number of hydrogen-bond donors (Lipinski definition) is 1. The molecule has 1 unspecified atom stereocenters. The minimum absolute atomic E-state index is 0.0822. The van der Waals surface area contributed by atoms with Gasteiger partial charge in [-0.25, -0.2) is 4.98 Å². The molecule has 0 radical (unpaired) electrons. The zero-order chi connectivity index (χ0) is 10.1. The summed E-state index contributed by atoms with van der Waals surface area (Å²) in [6, 6.07) is 3.91. The van der Waals surface area contributed by atoms with Crippen LogP contribution in [-0.2, 0) is 7.05 Å². The van der Waals surface area contributed by atoms with Crippen molar-refractivity contribution in [1.82, 2.24) is 14.8 Å². The van der Waals surface area contributed by atoms with Gasteiger partial charge in [0.1, 0.15) is 5.82 Å². The van der Waals surface area contributed by atoms with E-state index in [1.807, 2.05) is 31.5 Å². The van der Waals surface area contributed by atoms with Crippen molar-refractivity contribution in [2.45, 2.75) is 13.0 Å². The van der Waals surface area contributed by atoms with Crippen molar-refractivity contribution in [1.29, 1.82) is 0 Å². The van der Waals surface area contributed by atoms with Crippen molar-refractivity contribution in [3.63, 3.8) is 0 Å². The number of aryl methyl sites for hydroxylation is 1. The normalized spacial score (nSPS) is 13.1. The van der Waals surface area contributed by atoms with Crippen LogP contribution in [0.1, 0.15) is 18.8 Å². The number of thiophene rings is 1. The molecule has 2 N–H and O–H groups in total. The summed E-state index contributed by atoms with van der Waals surface area (Å²) < 4.78 is 1.74. The van der Waals surface area contributed by atoms with Gasteiger partial charge in [0.15, 0.2) is 5.82 Å². The van der Waals surface area contributed by atoms with Crippen LogP contribution in [0.5, 0.6) is 0 Å². The van der Waals surface area contributed by atoms with Gasteiger partial charge in [-0.05, 0) is 18.4 Å². The molecule has 0 aliphatic rings. The highest BCUT2D eigenvalue weighted by atomic mass is 32.1. The Bertz CT molecular complexity index is 416. The molecule has 4 nitrogen and oxygen atoms in total. The summed E-state index contributed by atoms with van der Waals surface area (Å²) >= 11 is 1.63. The quantitative estimate of drug-likeness (QED) is 0.815. The topological polar surface area (TPSA) is 56.7 Å². The van der Waals surface area contributed by atoms with Gasteiger partial charge < -0.3 is 5.73 Å². The molecule has 0 fully saturated rings. The van der Waals surface area contributed by atoms with Crippen LogP contribution in [0.3, 0.4) is 0 Å². The first-order chi connectivity index (χ1) is 6.68. The van der Waals surface area contributed by atoms with Gasteiger partial charge in [-0.3, -0.25) is 4.68 Å². The highest BCUT2D eigenvalue weighted by Crippen LogP contribution is 2.22. The second-order valence-corrected chi connectivity index (χ2v) is 4.13. The fourth-order valence-electron chi connectivity index (χ4n) is 1.30. The Morgan fingerprint density at radius 2 is 2.36 bits per heavy atom. The minimum atomic E-state index is -0.0822. The van der Waals surface area contributed by atoms with E-state index in [1.54, 1.807) is 16.0 Å². The maximum atomic E-state index is 5.76. The fraction of sp³-hybridized carbons (Fsp3) is 0.333. The molecule has 5 heteroatoms. The molecule has 2 aromatic rings. The average Bonchev–Trinajstić information content (AvgIpc) is 2.70. The van der Waals surface area contributed by atoms with Crippen molar-refractivity contribution in [2.75, 3.05) is 0 Å². The zero-order valence-electron chi connectivity index (χ0n) is 8.14. The third-order valence-corrected chi connectivity index (χ3v) is 2.81. The van der Waals surface area contributed by atoms with Crippen LogP contribution in [0.2, 0.25) is 0 Å². The van der Waals surface area contributed by atoms with Gasteiger partial charge in [-0.2, -0.15) is 5.10 Å². The molecule has 0 amide bonds. The van der Waals surface area contributed by atoms with Crippen LogP contribution in [0, 0.1) is 0 Å². The van der Waals surface area contributed by atoms with E-state index in [0.717, 1.165) is 16.5 Å². The smallest absolute Gasteiger partial charge is 0.191 e. The van der Waals surface area contributed by atoms with E-state index in [0.29, 0.717) is 0 Å². The molecule has 0 spiro atoms. The Hall–Kier alpha value is -1.20. The highest BCUT2D eigenvalue weighted by Gasteiger charge is 2.12. The van der Waals surface area contributed by atoms with Crippen LogP contribution in [0.15, 0.2) is 17.5 Å². The summed E-state index contributed by atoms with van der Waals surface area (Å²) in [6.07, 6.45) is 0. The number of aromatic nitrogens is 3. The van der Waals surface area contributed by atoms with Gasteiger partial charge in [-0.15, -0.1) is 11.3 Å². The maximum Gasteiger partial charge on any atom is 0.191 e. The molecule has 2 rings (SSSR count). The van der Waals surface area contributed by atoms with Gasteiger partial charge in [-0.1, -0.05) is 6.07 Å². The van der Waals surface area contributed by atoms with Crippen LogP contribution in [0.25, 0.3) is 10.7 Å². The molecule has 0 bridgehead atoms. The predicted octanol–water partition coefficient (Wildman–Crippen LogP) is 1.56. The monoisotopic (exact) mass is 208 g/mol. The van der Waals surface area contributed by atoms with Gasteiger partial charge >= 0.3 is 0 Å². The summed E-state index contributed by atoms with van der Waals surface area (Å²) in [5, 5.41) is 6.32. The van der Waals surface area contributed by atoms with E-state index in [4.69, 9.17) is 5.73 Å². The molecule has 14 heavy (non-hydrogen) atoms. The standard InChI is InChI=1S/C9H12N4S/c1-6(10)9-11-8(12-13(9)2)7-4-3-5-14-7/h3-6H,10H2,1-2H3. The number of nitrogens with two attached hydrogens (primary N) is 1. The third kappa shape index (κ3) is 1.56. The van der Waals surface area contributed by atoms with Gasteiger partial charge in [0.05, 0.1) is 10.9 Å². The summed E-state index contributed by atoms with van der Waals surface area (Å²) in [5.74, 6) is 1.57. The Labute approximate surface area is 86.4 Å². The molecule has 2 aromatic heterocycles. The fourth-order valence-corrected chi connectivity index (χ4v) is 1.96. The second-order valence-electron chi connectivity index (χ2n) is 3.18. The third-order valence-electron chi connectivity index (χ3n) is 1.95. The molecule has 2 heterocycles. The van der Waals surface area contributed by atoms with Crippen molar-refractivity contribution in [3.8, 4) is 10.7 Å². The van der Waals surface area contributed by atoms with E-state index in [-0.39, 0.29) is 6.04 Å². The van der Waals surface area contributed by atoms with E-state index in [1.165, 1.54) is 0 Å². The Balaban J connectivity index is 2.43. The first kappa shape index (κ1) is 9.36. The lowest BCUT2D eigenvalue weighted by Crippen LogP contribution is -2.11. The van der Waals surface area contributed by atoms with E-state index >= 15 is 0 Å². The van der Waals surface area contributed by atoms with Gasteiger partial charge in [0.25, 0.3) is 0 Å². The summed E-state index contributed by atoms with van der Waals surface area (Å²) in [7, 11) is 1.86. The number of hydrogen-bond acceptors (Lipinski definition) is 4. The van der Waals surface area contributed by atoms with Crippen molar-refractivity contribution >= 4 is 11.3 Å². The SMILES string of the molecule is CC(N)c1nc(-c2cccs2)nn1C. The lowest BCUT2D eigenvalue weighted by atomic mass is 10.3. The summed E-state index contributed by atoms with van der Waals surface area (Å²) in [5.41, 5.74) is 5.76. The summed E-state index contributed by atoms with van der Waals surface area (Å²) in [4.78, 5) is 5.47. The number of nitrogens with zero attached hydrogens (tertiary/aromatic N) is 3. The first-order valence-electron chi connectivity index (χ1n) is 4.39. The molecule has 0 saturated heterocycles. The Kier molecular flexibility index (Phi) is 2.35.